The van der Waals surface area contributed by atoms with E-state index in [0.29, 0.717) is 49.3 Å². The van der Waals surface area contributed by atoms with E-state index in [1.165, 1.54) is 10.6 Å². The third-order valence-electron chi connectivity index (χ3n) is 6.97. The molecule has 36 heavy (non-hydrogen) atoms. The molecule has 11 heteroatoms. The highest BCUT2D eigenvalue weighted by atomic mass is 35.5. The largest absolute Gasteiger partial charge is 0.497 e. The van der Waals surface area contributed by atoms with Gasteiger partial charge in [-0.15, -0.1) is 0 Å². The highest BCUT2D eigenvalue weighted by Crippen LogP contribution is 2.39. The standard InChI is InChI=1S/C25H31Cl2N3O5S/c1-17(35-20-7-5-19(34-2)6-8-20)21-15-29(16-22(21)18-4-9-23(26)24(27)14-18)25(31)28-10-12-30(13-11-28)36(3,32)33/h4-9,14,17,21-22H,10-13,15-16H2,1-3H3/t17-,21+,22+/m1/s1. The molecule has 2 amide bonds. The van der Waals surface area contributed by atoms with Crippen LogP contribution in [0.15, 0.2) is 42.5 Å². The van der Waals surface area contributed by atoms with Crippen LogP contribution in [0.3, 0.4) is 0 Å². The van der Waals surface area contributed by atoms with Gasteiger partial charge in [-0.25, -0.2) is 13.2 Å². The Morgan fingerprint density at radius 2 is 1.58 bits per heavy atom. The molecule has 0 saturated carbocycles. The van der Waals surface area contributed by atoms with Crippen LogP contribution in [-0.2, 0) is 10.0 Å². The Morgan fingerprint density at radius 3 is 2.17 bits per heavy atom. The summed E-state index contributed by atoms with van der Waals surface area (Å²) in [6.07, 6.45) is 0.999. The van der Waals surface area contributed by atoms with Gasteiger partial charge >= 0.3 is 6.03 Å². The lowest BCUT2D eigenvalue weighted by Gasteiger charge is -2.35. The Balaban J connectivity index is 1.52. The smallest absolute Gasteiger partial charge is 0.320 e. The third kappa shape index (κ3) is 6.02. The van der Waals surface area contributed by atoms with E-state index in [2.05, 4.69) is 0 Å². The first-order chi connectivity index (χ1) is 17.1. The van der Waals surface area contributed by atoms with Crippen LogP contribution in [0.2, 0.25) is 10.0 Å². The molecule has 0 N–H and O–H groups in total. The number of amides is 2. The normalized spacial score (nSPS) is 21.9. The van der Waals surface area contributed by atoms with E-state index in [0.717, 1.165) is 17.1 Å². The summed E-state index contributed by atoms with van der Waals surface area (Å²) >= 11 is 12.5. The summed E-state index contributed by atoms with van der Waals surface area (Å²) in [5, 5.41) is 0.951. The number of carbonyl (C=O) groups is 1. The first-order valence-electron chi connectivity index (χ1n) is 11.8. The summed E-state index contributed by atoms with van der Waals surface area (Å²) in [5.74, 6) is 1.47. The quantitative estimate of drug-likeness (QED) is 0.534. The summed E-state index contributed by atoms with van der Waals surface area (Å²) in [5.41, 5.74) is 0.997. The van der Waals surface area contributed by atoms with Gasteiger partial charge < -0.3 is 19.3 Å². The number of urea groups is 1. The fourth-order valence-electron chi connectivity index (χ4n) is 4.92. The lowest BCUT2D eigenvalue weighted by molar-refractivity contribution is 0.128. The molecule has 0 aliphatic carbocycles. The molecule has 2 fully saturated rings. The van der Waals surface area contributed by atoms with Crippen LogP contribution >= 0.6 is 23.2 Å². The second-order valence-corrected chi connectivity index (χ2v) is 12.1. The molecule has 0 radical (unpaired) electrons. The van der Waals surface area contributed by atoms with Crippen LogP contribution in [-0.4, -0.2) is 87.3 Å². The molecule has 0 spiro atoms. The number of carbonyl (C=O) groups excluding carboxylic acids is 1. The zero-order valence-corrected chi connectivity index (χ0v) is 22.9. The van der Waals surface area contributed by atoms with E-state index >= 15 is 0 Å². The van der Waals surface area contributed by atoms with Crippen LogP contribution in [0.5, 0.6) is 11.5 Å². The minimum absolute atomic E-state index is 0.00519. The van der Waals surface area contributed by atoms with Crippen molar-refractivity contribution in [1.82, 2.24) is 14.1 Å². The van der Waals surface area contributed by atoms with Crippen molar-refractivity contribution in [2.45, 2.75) is 18.9 Å². The number of ether oxygens (including phenoxy) is 2. The number of sulfonamides is 1. The molecule has 2 aliphatic rings. The van der Waals surface area contributed by atoms with Gasteiger partial charge in [-0.2, -0.15) is 4.31 Å². The lowest BCUT2D eigenvalue weighted by Crippen LogP contribution is -2.53. The van der Waals surface area contributed by atoms with Gasteiger partial charge in [0.1, 0.15) is 17.6 Å². The zero-order valence-electron chi connectivity index (χ0n) is 20.6. The fourth-order valence-corrected chi connectivity index (χ4v) is 6.06. The van der Waals surface area contributed by atoms with Crippen molar-refractivity contribution >= 4 is 39.3 Å². The molecule has 2 aromatic carbocycles. The summed E-state index contributed by atoms with van der Waals surface area (Å²) < 4.78 is 36.6. The van der Waals surface area contributed by atoms with Gasteiger partial charge in [0, 0.05) is 51.1 Å². The van der Waals surface area contributed by atoms with Crippen molar-refractivity contribution < 1.29 is 22.7 Å². The molecule has 2 heterocycles. The van der Waals surface area contributed by atoms with Gasteiger partial charge in [0.2, 0.25) is 10.0 Å². The van der Waals surface area contributed by atoms with Gasteiger partial charge in [0.05, 0.1) is 23.4 Å². The van der Waals surface area contributed by atoms with E-state index in [9.17, 15) is 13.2 Å². The molecule has 2 aromatic rings. The molecule has 0 aromatic heterocycles. The molecule has 8 nitrogen and oxygen atoms in total. The number of piperazine rings is 1. The molecule has 0 bridgehead atoms. The van der Waals surface area contributed by atoms with Gasteiger partial charge in [0.15, 0.2) is 0 Å². The van der Waals surface area contributed by atoms with Crippen molar-refractivity contribution in [2.75, 3.05) is 52.6 Å². The predicted molar refractivity (Wildman–Crippen MR) is 141 cm³/mol. The third-order valence-corrected chi connectivity index (χ3v) is 9.01. The molecule has 2 saturated heterocycles. The molecule has 3 atom stereocenters. The maximum atomic E-state index is 13.4. The number of benzene rings is 2. The highest BCUT2D eigenvalue weighted by Gasteiger charge is 2.42. The average molecular weight is 557 g/mol. The minimum atomic E-state index is -3.27. The first kappa shape index (κ1) is 26.9. The number of halogens is 2. The lowest BCUT2D eigenvalue weighted by atomic mass is 9.85. The minimum Gasteiger partial charge on any atom is -0.497 e. The van der Waals surface area contributed by atoms with Crippen LogP contribution in [0.4, 0.5) is 4.79 Å². The molecular weight excluding hydrogens is 525 g/mol. The Kier molecular flexibility index (Phi) is 8.24. The van der Waals surface area contributed by atoms with E-state index < -0.39 is 10.0 Å². The van der Waals surface area contributed by atoms with Crippen molar-refractivity contribution in [3.8, 4) is 11.5 Å². The van der Waals surface area contributed by atoms with Crippen LogP contribution in [0.1, 0.15) is 18.4 Å². The fraction of sp³-hybridized carbons (Fsp3) is 0.480. The number of methoxy groups -OCH3 is 1. The summed E-state index contributed by atoms with van der Waals surface area (Å²) in [4.78, 5) is 17.0. The van der Waals surface area contributed by atoms with Crippen molar-refractivity contribution in [1.29, 1.82) is 0 Å². The maximum absolute atomic E-state index is 13.4. The Hall–Kier alpha value is -2.20. The number of hydrogen-bond acceptors (Lipinski definition) is 5. The molecule has 2 aliphatic heterocycles. The second kappa shape index (κ2) is 11.0. The Labute approximate surface area is 222 Å². The summed E-state index contributed by atoms with van der Waals surface area (Å²) in [6, 6.07) is 12.9. The van der Waals surface area contributed by atoms with Crippen LogP contribution < -0.4 is 9.47 Å². The van der Waals surface area contributed by atoms with Gasteiger partial charge in [-0.05, 0) is 48.9 Å². The zero-order chi connectivity index (χ0) is 26.0. The number of hydrogen-bond donors (Lipinski definition) is 0. The first-order valence-corrected chi connectivity index (χ1v) is 14.4. The average Bonchev–Trinajstić information content (AvgIpc) is 3.31. The Morgan fingerprint density at radius 1 is 0.944 bits per heavy atom. The molecule has 0 unspecified atom stereocenters. The second-order valence-electron chi connectivity index (χ2n) is 9.28. The maximum Gasteiger partial charge on any atom is 0.320 e. The van der Waals surface area contributed by atoms with Crippen LogP contribution in [0, 0.1) is 5.92 Å². The van der Waals surface area contributed by atoms with E-state index in [4.69, 9.17) is 32.7 Å². The molecular formula is C25H31Cl2N3O5S. The van der Waals surface area contributed by atoms with Crippen molar-refractivity contribution in [3.63, 3.8) is 0 Å². The number of rotatable bonds is 6. The van der Waals surface area contributed by atoms with E-state index in [1.807, 2.05) is 48.2 Å². The molecule has 4 rings (SSSR count). The van der Waals surface area contributed by atoms with Gasteiger partial charge in [-0.3, -0.25) is 0 Å². The van der Waals surface area contributed by atoms with Crippen molar-refractivity contribution in [2.24, 2.45) is 5.92 Å². The highest BCUT2D eigenvalue weighted by molar-refractivity contribution is 7.88. The molecule has 196 valence electrons. The van der Waals surface area contributed by atoms with E-state index in [1.54, 1.807) is 18.1 Å². The number of likely N-dealkylation sites (tertiary alicyclic amines) is 1. The van der Waals surface area contributed by atoms with Crippen molar-refractivity contribution in [3.05, 3.63) is 58.1 Å². The van der Waals surface area contributed by atoms with Gasteiger partial charge in [0.25, 0.3) is 0 Å². The monoisotopic (exact) mass is 555 g/mol. The van der Waals surface area contributed by atoms with Gasteiger partial charge in [-0.1, -0.05) is 29.3 Å². The summed E-state index contributed by atoms with van der Waals surface area (Å²) in [6.45, 7) is 4.35. The van der Waals surface area contributed by atoms with E-state index in [-0.39, 0.29) is 24.0 Å². The predicted octanol–water partition coefficient (Wildman–Crippen LogP) is 4.18. The SMILES string of the molecule is COc1ccc(O[C@H](C)[C@@H]2CN(C(=O)N3CCN(S(C)(=O)=O)CC3)C[C@H]2c2ccc(Cl)c(Cl)c2)cc1. The topological polar surface area (TPSA) is 79.4 Å². The number of nitrogens with zero attached hydrogens (tertiary/aromatic N) is 3. The Bertz CT molecular complexity index is 1190. The van der Waals surface area contributed by atoms with Crippen LogP contribution in [0.25, 0.3) is 0 Å². The summed E-state index contributed by atoms with van der Waals surface area (Å²) in [7, 11) is -1.65.